The summed E-state index contributed by atoms with van der Waals surface area (Å²) in [6.07, 6.45) is 2.17. The third-order valence-corrected chi connectivity index (χ3v) is 3.97. The van der Waals surface area contributed by atoms with Gasteiger partial charge in [0.25, 0.3) is 0 Å². The van der Waals surface area contributed by atoms with E-state index in [1.165, 1.54) is 22.3 Å². The Morgan fingerprint density at radius 2 is 1.62 bits per heavy atom. The van der Waals surface area contributed by atoms with Crippen molar-refractivity contribution in [1.29, 1.82) is 0 Å². The molecule has 0 amide bonds. The summed E-state index contributed by atoms with van der Waals surface area (Å²) in [5.74, 6) is 0. The molecule has 108 valence electrons. The van der Waals surface area contributed by atoms with Gasteiger partial charge in [0.1, 0.15) is 5.69 Å². The number of fused-ring (bicyclic) bond motifs is 1. The van der Waals surface area contributed by atoms with Crippen LogP contribution in [0.4, 0.5) is 0 Å². The first-order valence-electron chi connectivity index (χ1n) is 7.70. The number of hydrogen-bond acceptors (Lipinski definition) is 0. The number of benzene rings is 1. The summed E-state index contributed by atoms with van der Waals surface area (Å²) in [6, 6.07) is 18.3. The van der Waals surface area contributed by atoms with Crippen molar-refractivity contribution in [1.82, 2.24) is 4.57 Å². The monoisotopic (exact) mass is 279 g/mol. The lowest BCUT2D eigenvalue weighted by Crippen LogP contribution is -2.38. The molecule has 0 N–H and O–H groups in total. The minimum absolute atomic E-state index is 0.431. The molecule has 3 aromatic rings. The molecule has 2 nitrogen and oxygen atoms in total. The summed E-state index contributed by atoms with van der Waals surface area (Å²) in [5.41, 5.74) is 3.87. The Balaban J connectivity index is 2.33. The van der Waals surface area contributed by atoms with E-state index in [4.69, 9.17) is 0 Å². The van der Waals surface area contributed by atoms with E-state index in [-0.39, 0.29) is 0 Å². The van der Waals surface area contributed by atoms with Gasteiger partial charge in [-0.2, -0.15) is 4.57 Å². The van der Waals surface area contributed by atoms with Crippen LogP contribution in [0, 0.1) is 0 Å². The largest absolute Gasteiger partial charge is 0.333 e. The molecule has 2 aromatic heterocycles. The summed E-state index contributed by atoms with van der Waals surface area (Å²) in [7, 11) is 0. The molecule has 0 aliphatic carbocycles. The molecule has 0 saturated carbocycles. The first-order valence-corrected chi connectivity index (χ1v) is 7.70. The Hall–Kier alpha value is -2.09. The van der Waals surface area contributed by atoms with Crippen molar-refractivity contribution in [3.05, 3.63) is 54.7 Å². The molecule has 3 rings (SSSR count). The zero-order chi connectivity index (χ0) is 15.0. The van der Waals surface area contributed by atoms with Gasteiger partial charge in [-0.25, -0.2) is 0 Å². The number of aromatic nitrogens is 2. The topological polar surface area (TPSA) is 8.81 Å². The maximum atomic E-state index is 2.43. The fourth-order valence-electron chi connectivity index (χ4n) is 3.05. The Morgan fingerprint density at radius 3 is 2.33 bits per heavy atom. The van der Waals surface area contributed by atoms with Crippen LogP contribution in [0.3, 0.4) is 0 Å². The fourth-order valence-corrected chi connectivity index (χ4v) is 3.05. The van der Waals surface area contributed by atoms with Crippen molar-refractivity contribution in [3.8, 4) is 11.4 Å². The molecule has 0 fully saturated rings. The third-order valence-electron chi connectivity index (χ3n) is 3.97. The predicted octanol–water partition coefficient (Wildman–Crippen LogP) is 4.76. The molecule has 0 radical (unpaired) electrons. The van der Waals surface area contributed by atoms with Crippen molar-refractivity contribution < 1.29 is 4.57 Å². The predicted molar refractivity (Wildman–Crippen MR) is 88.3 cm³/mol. The normalized spacial score (nSPS) is 11.7. The van der Waals surface area contributed by atoms with Crippen LogP contribution in [0.2, 0.25) is 0 Å². The standard InChI is InChI=1S/C19H23N2/c1-14(2)20-12-8-7-11-18(20)19-13-16-9-5-6-10-17(16)21(19)15(3)4/h5-15H,1-4H3/q+1. The molecule has 2 heteroatoms. The average Bonchev–Trinajstić information content (AvgIpc) is 2.86. The van der Waals surface area contributed by atoms with E-state index in [0.29, 0.717) is 12.1 Å². The van der Waals surface area contributed by atoms with Gasteiger partial charge in [0.2, 0.25) is 5.69 Å². The summed E-state index contributed by atoms with van der Waals surface area (Å²) in [4.78, 5) is 0. The van der Waals surface area contributed by atoms with Crippen molar-refractivity contribution >= 4 is 10.9 Å². The van der Waals surface area contributed by atoms with Gasteiger partial charge in [0.05, 0.1) is 0 Å². The zero-order valence-electron chi connectivity index (χ0n) is 13.2. The van der Waals surface area contributed by atoms with Crippen LogP contribution in [0.25, 0.3) is 22.3 Å². The van der Waals surface area contributed by atoms with Crippen LogP contribution in [0.1, 0.15) is 39.8 Å². The van der Waals surface area contributed by atoms with E-state index in [1.807, 2.05) is 0 Å². The van der Waals surface area contributed by atoms with Crippen LogP contribution in [-0.4, -0.2) is 4.57 Å². The minimum atomic E-state index is 0.431. The Morgan fingerprint density at radius 1 is 0.905 bits per heavy atom. The molecule has 21 heavy (non-hydrogen) atoms. The van der Waals surface area contributed by atoms with Gasteiger partial charge in [-0.05, 0) is 45.9 Å². The van der Waals surface area contributed by atoms with Gasteiger partial charge in [-0.15, -0.1) is 0 Å². The third kappa shape index (κ3) is 2.35. The number of pyridine rings is 1. The maximum Gasteiger partial charge on any atom is 0.229 e. The van der Waals surface area contributed by atoms with Gasteiger partial charge in [-0.1, -0.05) is 18.2 Å². The Bertz CT molecular complexity index is 766. The summed E-state index contributed by atoms with van der Waals surface area (Å²) in [6.45, 7) is 8.95. The van der Waals surface area contributed by atoms with Crippen LogP contribution in [-0.2, 0) is 0 Å². The SMILES string of the molecule is CC(C)n1c(-c2cccc[n+]2C(C)C)cc2ccccc21. The summed E-state index contributed by atoms with van der Waals surface area (Å²) in [5, 5.41) is 1.31. The van der Waals surface area contributed by atoms with E-state index in [2.05, 4.69) is 91.6 Å². The van der Waals surface area contributed by atoms with E-state index < -0.39 is 0 Å². The van der Waals surface area contributed by atoms with Gasteiger partial charge in [-0.3, -0.25) is 0 Å². The van der Waals surface area contributed by atoms with Crippen molar-refractivity contribution in [3.63, 3.8) is 0 Å². The van der Waals surface area contributed by atoms with E-state index in [1.54, 1.807) is 0 Å². The molecule has 0 spiro atoms. The molecule has 0 atom stereocenters. The molecular formula is C19H23N2+. The Labute approximate surface area is 126 Å². The average molecular weight is 279 g/mol. The van der Waals surface area contributed by atoms with Crippen LogP contribution >= 0.6 is 0 Å². The lowest BCUT2D eigenvalue weighted by atomic mass is 10.2. The minimum Gasteiger partial charge on any atom is -0.333 e. The second-order valence-corrected chi connectivity index (χ2v) is 6.14. The number of hydrogen-bond donors (Lipinski definition) is 0. The summed E-state index contributed by atoms with van der Waals surface area (Å²) >= 11 is 0. The first kappa shape index (κ1) is 13.9. The Kier molecular flexibility index (Phi) is 3.54. The maximum absolute atomic E-state index is 2.43. The molecule has 1 aromatic carbocycles. The highest BCUT2D eigenvalue weighted by atomic mass is 15.1. The van der Waals surface area contributed by atoms with E-state index in [0.717, 1.165) is 0 Å². The van der Waals surface area contributed by atoms with Crippen LogP contribution in [0.5, 0.6) is 0 Å². The van der Waals surface area contributed by atoms with Gasteiger partial charge >= 0.3 is 0 Å². The van der Waals surface area contributed by atoms with Crippen molar-refractivity contribution in [2.24, 2.45) is 0 Å². The number of rotatable bonds is 3. The lowest BCUT2D eigenvalue weighted by molar-refractivity contribution is -0.706. The molecule has 0 aliphatic rings. The second kappa shape index (κ2) is 5.36. The number of para-hydroxylation sites is 1. The second-order valence-electron chi connectivity index (χ2n) is 6.14. The molecule has 2 heterocycles. The highest BCUT2D eigenvalue weighted by Gasteiger charge is 2.21. The quantitative estimate of drug-likeness (QED) is 0.611. The van der Waals surface area contributed by atoms with Gasteiger partial charge in [0, 0.05) is 29.1 Å². The smallest absolute Gasteiger partial charge is 0.229 e. The molecular weight excluding hydrogens is 256 g/mol. The number of nitrogens with zero attached hydrogens (tertiary/aromatic N) is 2. The fraction of sp³-hybridized carbons (Fsp3) is 0.316. The zero-order valence-corrected chi connectivity index (χ0v) is 13.2. The van der Waals surface area contributed by atoms with Crippen LogP contribution < -0.4 is 4.57 Å². The van der Waals surface area contributed by atoms with E-state index >= 15 is 0 Å². The lowest BCUT2D eigenvalue weighted by Gasteiger charge is -2.15. The van der Waals surface area contributed by atoms with Gasteiger partial charge in [0.15, 0.2) is 12.2 Å². The molecule has 0 bridgehead atoms. The summed E-state index contributed by atoms with van der Waals surface area (Å²) < 4.78 is 4.77. The molecule has 0 saturated heterocycles. The highest BCUT2D eigenvalue weighted by molar-refractivity contribution is 5.86. The molecule has 0 aliphatic heterocycles. The highest BCUT2D eigenvalue weighted by Crippen LogP contribution is 2.30. The van der Waals surface area contributed by atoms with Crippen molar-refractivity contribution in [2.45, 2.75) is 39.8 Å². The molecule has 0 unspecified atom stereocenters. The first-order chi connectivity index (χ1) is 10.1. The van der Waals surface area contributed by atoms with Crippen molar-refractivity contribution in [2.75, 3.05) is 0 Å². The van der Waals surface area contributed by atoms with Gasteiger partial charge < -0.3 is 4.57 Å². The van der Waals surface area contributed by atoms with E-state index in [9.17, 15) is 0 Å². The van der Waals surface area contributed by atoms with Crippen LogP contribution in [0.15, 0.2) is 54.7 Å².